The molecule has 24 heavy (non-hydrogen) atoms. The van der Waals surface area contributed by atoms with Crippen molar-refractivity contribution in [3.8, 4) is 0 Å². The summed E-state index contributed by atoms with van der Waals surface area (Å²) in [5, 5.41) is 7.35. The van der Waals surface area contributed by atoms with Crippen LogP contribution in [0.25, 0.3) is 5.65 Å². The van der Waals surface area contributed by atoms with E-state index in [2.05, 4.69) is 15.4 Å². The SMILES string of the molecule is CC(C)c1nc2c(NC(=O)Cc3c(F)cccc3Cl)cccn2n1. The molecule has 124 valence electrons. The maximum atomic E-state index is 13.8. The van der Waals surface area contributed by atoms with Gasteiger partial charge in [0.2, 0.25) is 5.91 Å². The smallest absolute Gasteiger partial charge is 0.229 e. The molecule has 2 heterocycles. The van der Waals surface area contributed by atoms with Crippen molar-refractivity contribution in [2.75, 3.05) is 5.32 Å². The van der Waals surface area contributed by atoms with Gasteiger partial charge in [0.25, 0.3) is 0 Å². The molecule has 1 amide bonds. The fourth-order valence-electron chi connectivity index (χ4n) is 2.32. The normalized spacial score (nSPS) is 11.2. The van der Waals surface area contributed by atoms with Crippen LogP contribution in [0, 0.1) is 5.82 Å². The number of pyridine rings is 1. The first kappa shape index (κ1) is 16.4. The number of amides is 1. The number of hydrogen-bond acceptors (Lipinski definition) is 3. The van der Waals surface area contributed by atoms with E-state index in [0.29, 0.717) is 17.2 Å². The van der Waals surface area contributed by atoms with E-state index in [0.717, 1.165) is 0 Å². The van der Waals surface area contributed by atoms with Crippen LogP contribution in [-0.4, -0.2) is 20.5 Å². The van der Waals surface area contributed by atoms with Gasteiger partial charge in [-0.2, -0.15) is 5.10 Å². The lowest BCUT2D eigenvalue weighted by Crippen LogP contribution is -2.16. The number of hydrogen-bond donors (Lipinski definition) is 1. The number of benzene rings is 1. The lowest BCUT2D eigenvalue weighted by atomic mass is 10.1. The van der Waals surface area contributed by atoms with E-state index in [1.807, 2.05) is 13.8 Å². The Morgan fingerprint density at radius 3 is 2.83 bits per heavy atom. The highest BCUT2D eigenvalue weighted by atomic mass is 35.5. The van der Waals surface area contributed by atoms with E-state index in [4.69, 9.17) is 11.6 Å². The minimum atomic E-state index is -0.500. The van der Waals surface area contributed by atoms with Crippen LogP contribution >= 0.6 is 11.6 Å². The van der Waals surface area contributed by atoms with Crippen molar-refractivity contribution >= 4 is 28.8 Å². The maximum Gasteiger partial charge on any atom is 0.229 e. The Balaban J connectivity index is 1.85. The molecular weight excluding hydrogens is 331 g/mol. The van der Waals surface area contributed by atoms with Crippen LogP contribution in [0.1, 0.15) is 31.2 Å². The molecule has 1 aromatic carbocycles. The molecule has 0 fully saturated rings. The van der Waals surface area contributed by atoms with E-state index in [1.165, 1.54) is 12.1 Å². The number of fused-ring (bicyclic) bond motifs is 1. The second-order valence-electron chi connectivity index (χ2n) is 5.74. The van der Waals surface area contributed by atoms with Gasteiger partial charge in [-0.15, -0.1) is 0 Å². The van der Waals surface area contributed by atoms with Gasteiger partial charge in [-0.05, 0) is 24.3 Å². The van der Waals surface area contributed by atoms with Crippen molar-refractivity contribution in [2.45, 2.75) is 26.2 Å². The minimum Gasteiger partial charge on any atom is -0.323 e. The van der Waals surface area contributed by atoms with Crippen molar-refractivity contribution in [3.63, 3.8) is 0 Å². The number of carbonyl (C=O) groups excluding carboxylic acids is 1. The summed E-state index contributed by atoms with van der Waals surface area (Å²) in [5.74, 6) is -0.0100. The van der Waals surface area contributed by atoms with E-state index < -0.39 is 5.82 Å². The molecular formula is C17H16ClFN4O. The van der Waals surface area contributed by atoms with Gasteiger partial charge in [-0.3, -0.25) is 4.79 Å². The summed E-state index contributed by atoms with van der Waals surface area (Å²) in [4.78, 5) is 16.7. The first-order chi connectivity index (χ1) is 11.5. The van der Waals surface area contributed by atoms with Crippen molar-refractivity contribution in [3.05, 3.63) is 58.8 Å². The maximum absolute atomic E-state index is 13.8. The van der Waals surface area contributed by atoms with Gasteiger partial charge < -0.3 is 5.32 Å². The molecule has 3 rings (SSSR count). The summed E-state index contributed by atoms with van der Waals surface area (Å²) in [6.45, 7) is 3.99. The molecule has 0 bridgehead atoms. The number of halogens is 2. The molecule has 0 aliphatic carbocycles. The van der Waals surface area contributed by atoms with Gasteiger partial charge in [0.05, 0.1) is 12.1 Å². The monoisotopic (exact) mass is 346 g/mol. The van der Waals surface area contributed by atoms with E-state index in [9.17, 15) is 9.18 Å². The van der Waals surface area contributed by atoms with E-state index in [1.54, 1.807) is 28.9 Å². The molecule has 0 spiro atoms. The molecule has 0 aliphatic heterocycles. The van der Waals surface area contributed by atoms with Gasteiger partial charge >= 0.3 is 0 Å². The van der Waals surface area contributed by atoms with Crippen LogP contribution in [0.2, 0.25) is 5.02 Å². The average molecular weight is 347 g/mol. The minimum absolute atomic E-state index is 0.155. The lowest BCUT2D eigenvalue weighted by Gasteiger charge is -2.08. The van der Waals surface area contributed by atoms with Crippen LogP contribution in [0.15, 0.2) is 36.5 Å². The van der Waals surface area contributed by atoms with Crippen LogP contribution in [-0.2, 0) is 11.2 Å². The summed E-state index contributed by atoms with van der Waals surface area (Å²) in [6, 6.07) is 7.83. The molecule has 2 aromatic heterocycles. The highest BCUT2D eigenvalue weighted by molar-refractivity contribution is 6.31. The summed E-state index contributed by atoms with van der Waals surface area (Å²) in [6.07, 6.45) is 1.61. The fourth-order valence-corrected chi connectivity index (χ4v) is 2.55. The van der Waals surface area contributed by atoms with Crippen molar-refractivity contribution in [1.29, 1.82) is 0 Å². The zero-order valence-electron chi connectivity index (χ0n) is 13.3. The van der Waals surface area contributed by atoms with Crippen LogP contribution in [0.3, 0.4) is 0 Å². The fraction of sp³-hybridized carbons (Fsp3) is 0.235. The summed E-state index contributed by atoms with van der Waals surface area (Å²) in [5.41, 5.74) is 1.25. The van der Waals surface area contributed by atoms with Gasteiger partial charge in [0.15, 0.2) is 11.5 Å². The molecule has 0 saturated heterocycles. The molecule has 0 unspecified atom stereocenters. The molecule has 5 nitrogen and oxygen atoms in total. The standard InChI is InChI=1S/C17H16ClFN4O/c1-10(2)16-21-17-14(7-4-8-23(17)22-16)20-15(24)9-11-12(18)5-3-6-13(11)19/h3-8,10H,9H2,1-2H3,(H,20,24). The average Bonchev–Trinajstić information content (AvgIpc) is 2.97. The van der Waals surface area contributed by atoms with Crippen molar-refractivity contribution in [2.24, 2.45) is 0 Å². The Kier molecular flexibility index (Phi) is 4.49. The lowest BCUT2D eigenvalue weighted by molar-refractivity contribution is -0.115. The molecule has 3 aromatic rings. The number of aromatic nitrogens is 3. The number of nitrogens with one attached hydrogen (secondary N) is 1. The summed E-state index contributed by atoms with van der Waals surface area (Å²) < 4.78 is 15.4. The first-order valence-corrected chi connectivity index (χ1v) is 7.91. The van der Waals surface area contributed by atoms with Gasteiger partial charge in [0.1, 0.15) is 5.82 Å². The molecule has 1 N–H and O–H groups in total. The largest absolute Gasteiger partial charge is 0.323 e. The molecule has 0 radical (unpaired) electrons. The van der Waals surface area contributed by atoms with E-state index >= 15 is 0 Å². The third-order valence-electron chi connectivity index (χ3n) is 3.57. The third kappa shape index (κ3) is 3.23. The first-order valence-electron chi connectivity index (χ1n) is 7.53. The highest BCUT2D eigenvalue weighted by Gasteiger charge is 2.15. The van der Waals surface area contributed by atoms with Crippen molar-refractivity contribution < 1.29 is 9.18 Å². The van der Waals surface area contributed by atoms with E-state index in [-0.39, 0.29) is 28.8 Å². The summed E-state index contributed by atoms with van der Waals surface area (Å²) >= 11 is 5.96. The molecule has 0 saturated carbocycles. The predicted octanol–water partition coefficient (Wildman–Crippen LogP) is 3.83. The Bertz CT molecular complexity index is 886. The van der Waals surface area contributed by atoms with Gasteiger partial charge in [-0.25, -0.2) is 13.9 Å². The van der Waals surface area contributed by atoms with Gasteiger partial charge in [0, 0.05) is 22.7 Å². The zero-order valence-corrected chi connectivity index (χ0v) is 14.0. The van der Waals surface area contributed by atoms with Crippen molar-refractivity contribution in [1.82, 2.24) is 14.6 Å². The Morgan fingerprint density at radius 1 is 1.33 bits per heavy atom. The zero-order chi connectivity index (χ0) is 17.3. The second-order valence-corrected chi connectivity index (χ2v) is 6.15. The van der Waals surface area contributed by atoms with Crippen LogP contribution in [0.5, 0.6) is 0 Å². The molecule has 0 atom stereocenters. The second kappa shape index (κ2) is 6.57. The number of anilines is 1. The highest BCUT2D eigenvalue weighted by Crippen LogP contribution is 2.21. The topological polar surface area (TPSA) is 59.3 Å². The number of nitrogens with zero attached hydrogens (tertiary/aromatic N) is 3. The Labute approximate surface area is 143 Å². The van der Waals surface area contributed by atoms with Gasteiger partial charge in [-0.1, -0.05) is 31.5 Å². The molecule has 0 aliphatic rings. The molecule has 7 heteroatoms. The Hall–Kier alpha value is -2.47. The van der Waals surface area contributed by atoms with Crippen LogP contribution < -0.4 is 5.32 Å². The van der Waals surface area contributed by atoms with Crippen LogP contribution in [0.4, 0.5) is 10.1 Å². The number of carbonyl (C=O) groups is 1. The Morgan fingerprint density at radius 2 is 2.12 bits per heavy atom. The third-order valence-corrected chi connectivity index (χ3v) is 3.92. The number of rotatable bonds is 4. The predicted molar refractivity (Wildman–Crippen MR) is 90.8 cm³/mol. The quantitative estimate of drug-likeness (QED) is 0.781. The summed E-state index contributed by atoms with van der Waals surface area (Å²) in [7, 11) is 0.